The van der Waals surface area contributed by atoms with Gasteiger partial charge in [0.1, 0.15) is 17.6 Å². The first-order valence-corrected chi connectivity index (χ1v) is 14.2. The summed E-state index contributed by atoms with van der Waals surface area (Å²) in [5.41, 5.74) is 3.07. The molecule has 13 heteroatoms. The lowest BCUT2D eigenvalue weighted by Crippen LogP contribution is -2.49. The molecule has 4 N–H and O–H groups in total. The van der Waals surface area contributed by atoms with Crippen molar-refractivity contribution in [3.63, 3.8) is 0 Å². The Balaban J connectivity index is 1.22. The molecular weight excluding hydrogens is 575 g/mol. The van der Waals surface area contributed by atoms with Crippen molar-refractivity contribution >= 4 is 51.6 Å². The van der Waals surface area contributed by atoms with Crippen molar-refractivity contribution < 1.29 is 28.7 Å². The van der Waals surface area contributed by atoms with E-state index in [4.69, 9.17) is 0 Å². The van der Waals surface area contributed by atoms with Crippen molar-refractivity contribution in [3.05, 3.63) is 100 Å². The minimum atomic E-state index is -1.33. The van der Waals surface area contributed by atoms with Crippen molar-refractivity contribution in [1.82, 2.24) is 15.2 Å². The van der Waals surface area contributed by atoms with Gasteiger partial charge in [-0.15, -0.1) is 11.3 Å². The summed E-state index contributed by atoms with van der Waals surface area (Å²) in [6, 6.07) is 14.1. The summed E-state index contributed by atoms with van der Waals surface area (Å²) < 4.78 is 14.3. The molecule has 3 aromatic carbocycles. The van der Waals surface area contributed by atoms with E-state index in [1.54, 1.807) is 35.7 Å². The molecule has 6 rings (SSSR count). The molecule has 1 fully saturated rings. The van der Waals surface area contributed by atoms with E-state index < -0.39 is 29.7 Å². The first-order valence-electron chi connectivity index (χ1n) is 13.3. The van der Waals surface area contributed by atoms with Crippen molar-refractivity contribution in [3.8, 4) is 5.75 Å². The molecule has 1 aromatic heterocycles. The highest BCUT2D eigenvalue weighted by atomic mass is 32.1. The fourth-order valence-corrected chi connectivity index (χ4v) is 5.73. The average molecular weight is 601 g/mol. The maximum atomic E-state index is 14.3. The minimum Gasteiger partial charge on any atom is -0.508 e. The first kappa shape index (κ1) is 27.8. The van der Waals surface area contributed by atoms with Crippen LogP contribution in [0, 0.1) is 5.82 Å². The lowest BCUT2D eigenvalue weighted by atomic mass is 10.0. The van der Waals surface area contributed by atoms with E-state index in [9.17, 15) is 28.7 Å². The van der Waals surface area contributed by atoms with Crippen LogP contribution in [0.1, 0.15) is 39.5 Å². The van der Waals surface area contributed by atoms with Gasteiger partial charge in [-0.05, 0) is 47.5 Å². The topological polar surface area (TPSA) is 144 Å². The van der Waals surface area contributed by atoms with Gasteiger partial charge in [0.2, 0.25) is 5.91 Å². The van der Waals surface area contributed by atoms with Crippen molar-refractivity contribution in [2.24, 2.45) is 0 Å². The molecule has 3 heterocycles. The van der Waals surface area contributed by atoms with Gasteiger partial charge in [0, 0.05) is 54.6 Å². The number of imide groups is 1. The van der Waals surface area contributed by atoms with Gasteiger partial charge in [-0.2, -0.15) is 0 Å². The Morgan fingerprint density at radius 1 is 1.12 bits per heavy atom. The van der Waals surface area contributed by atoms with E-state index in [0.29, 0.717) is 40.7 Å². The standard InChI is InChI=1S/C30H25FN6O5S/c31-19-6-9-23(38)21(14-19)26(27(40)35-29-32-11-13-43-29)37-16-18-2-1-3-22(25(18)28(37)41)33-15-17-4-7-20(8-5-17)36-12-10-24(39)34-30(36)42/h1-9,11,13-14,26,33,38H,10,12,15-16H2,(H,32,35,40)(H,34,39,42). The van der Waals surface area contributed by atoms with E-state index in [1.165, 1.54) is 27.3 Å². The first-order chi connectivity index (χ1) is 20.8. The smallest absolute Gasteiger partial charge is 0.328 e. The third-order valence-corrected chi connectivity index (χ3v) is 7.95. The molecule has 0 aliphatic carbocycles. The van der Waals surface area contributed by atoms with Gasteiger partial charge in [0.25, 0.3) is 11.8 Å². The number of amides is 5. The molecule has 1 atom stereocenters. The Morgan fingerprint density at radius 2 is 1.93 bits per heavy atom. The number of nitrogens with one attached hydrogen (secondary N) is 3. The Labute approximate surface area is 249 Å². The quantitative estimate of drug-likeness (QED) is 0.235. The van der Waals surface area contributed by atoms with E-state index in [2.05, 4.69) is 20.9 Å². The summed E-state index contributed by atoms with van der Waals surface area (Å²) in [5.74, 6) is -2.38. The monoisotopic (exact) mass is 600 g/mol. The number of nitrogens with zero attached hydrogens (tertiary/aromatic N) is 3. The number of anilines is 3. The number of thiazole rings is 1. The number of urea groups is 1. The number of aromatic hydroxyl groups is 1. The number of carbonyl (C=O) groups is 4. The number of hydrogen-bond donors (Lipinski definition) is 4. The largest absolute Gasteiger partial charge is 0.508 e. The highest BCUT2D eigenvalue weighted by Gasteiger charge is 2.40. The second-order valence-electron chi connectivity index (χ2n) is 9.98. The number of benzene rings is 3. The fourth-order valence-electron chi connectivity index (χ4n) is 5.19. The summed E-state index contributed by atoms with van der Waals surface area (Å²) in [4.78, 5) is 57.8. The van der Waals surface area contributed by atoms with Gasteiger partial charge in [-0.3, -0.25) is 29.9 Å². The summed E-state index contributed by atoms with van der Waals surface area (Å²) in [5, 5.41) is 20.8. The average Bonchev–Trinajstić information content (AvgIpc) is 3.62. The minimum absolute atomic E-state index is 0.0448. The third kappa shape index (κ3) is 5.62. The predicted molar refractivity (Wildman–Crippen MR) is 157 cm³/mol. The highest BCUT2D eigenvalue weighted by molar-refractivity contribution is 7.13. The number of carbonyl (C=O) groups excluding carboxylic acids is 4. The molecule has 2 aliphatic rings. The van der Waals surface area contributed by atoms with Crippen LogP contribution in [0.2, 0.25) is 0 Å². The van der Waals surface area contributed by atoms with Crippen LogP contribution in [0.5, 0.6) is 5.75 Å². The normalized spacial score (nSPS) is 15.2. The van der Waals surface area contributed by atoms with Gasteiger partial charge in [0.15, 0.2) is 5.13 Å². The molecule has 1 unspecified atom stereocenters. The van der Waals surface area contributed by atoms with Crippen molar-refractivity contribution in [1.29, 1.82) is 0 Å². The molecule has 0 saturated carbocycles. The number of phenolic OH excluding ortho intramolecular Hbond substituents is 1. The van der Waals surface area contributed by atoms with Crippen LogP contribution in [-0.2, 0) is 22.7 Å². The van der Waals surface area contributed by atoms with Gasteiger partial charge in [-0.25, -0.2) is 14.2 Å². The van der Waals surface area contributed by atoms with Crippen molar-refractivity contribution in [2.75, 3.05) is 22.1 Å². The van der Waals surface area contributed by atoms with Gasteiger partial charge >= 0.3 is 6.03 Å². The van der Waals surface area contributed by atoms with Crippen LogP contribution < -0.4 is 20.9 Å². The Morgan fingerprint density at radius 3 is 2.67 bits per heavy atom. The SMILES string of the molecule is O=C1CCN(c2ccc(CNc3cccc4c3C(=O)N(C(C(=O)Nc3nccs3)c3cc(F)ccc3O)C4)cc2)C(=O)N1. The molecule has 0 bridgehead atoms. The molecule has 11 nitrogen and oxygen atoms in total. The maximum Gasteiger partial charge on any atom is 0.328 e. The molecule has 43 heavy (non-hydrogen) atoms. The summed E-state index contributed by atoms with van der Waals surface area (Å²) >= 11 is 1.19. The van der Waals surface area contributed by atoms with E-state index in [0.717, 1.165) is 23.8 Å². The number of hydrogen-bond acceptors (Lipinski definition) is 8. The van der Waals surface area contributed by atoms with Gasteiger partial charge in [-0.1, -0.05) is 24.3 Å². The van der Waals surface area contributed by atoms with Crippen LogP contribution in [0.15, 0.2) is 72.2 Å². The molecule has 4 aromatic rings. The summed E-state index contributed by atoms with van der Waals surface area (Å²) in [6.07, 6.45) is 1.75. The van der Waals surface area contributed by atoms with Crippen LogP contribution in [0.25, 0.3) is 0 Å². The predicted octanol–water partition coefficient (Wildman–Crippen LogP) is 4.38. The Bertz CT molecular complexity index is 1730. The van der Waals surface area contributed by atoms with E-state index >= 15 is 0 Å². The highest BCUT2D eigenvalue weighted by Crippen LogP contribution is 2.38. The Hall–Kier alpha value is -5.30. The molecule has 218 valence electrons. The van der Waals surface area contributed by atoms with Crippen LogP contribution >= 0.6 is 11.3 Å². The van der Waals surface area contributed by atoms with E-state index in [-0.39, 0.29) is 30.2 Å². The fraction of sp³-hybridized carbons (Fsp3) is 0.167. The van der Waals surface area contributed by atoms with Gasteiger partial charge < -0.3 is 15.3 Å². The second kappa shape index (κ2) is 11.5. The number of halogens is 1. The van der Waals surface area contributed by atoms with Crippen LogP contribution in [-0.4, -0.2) is 45.3 Å². The zero-order valence-corrected chi connectivity index (χ0v) is 23.4. The molecular formula is C30H25FN6O5S. The molecule has 0 spiro atoms. The number of aromatic nitrogens is 1. The lowest BCUT2D eigenvalue weighted by Gasteiger charge is -2.27. The number of fused-ring (bicyclic) bond motifs is 1. The molecule has 0 radical (unpaired) electrons. The zero-order chi connectivity index (χ0) is 30.1. The molecule has 5 amide bonds. The Kier molecular flexibility index (Phi) is 7.47. The summed E-state index contributed by atoms with van der Waals surface area (Å²) in [7, 11) is 0. The molecule has 1 saturated heterocycles. The summed E-state index contributed by atoms with van der Waals surface area (Å²) in [6.45, 7) is 0.714. The second-order valence-corrected chi connectivity index (χ2v) is 10.9. The van der Waals surface area contributed by atoms with Crippen molar-refractivity contribution in [2.45, 2.75) is 25.6 Å². The van der Waals surface area contributed by atoms with E-state index in [1.807, 2.05) is 12.1 Å². The lowest BCUT2D eigenvalue weighted by molar-refractivity contribution is -0.121. The zero-order valence-electron chi connectivity index (χ0n) is 22.5. The number of rotatable bonds is 8. The van der Waals surface area contributed by atoms with Gasteiger partial charge in [0.05, 0.1) is 5.56 Å². The third-order valence-electron chi connectivity index (χ3n) is 7.26. The molecule has 2 aliphatic heterocycles. The maximum absolute atomic E-state index is 14.3. The number of phenols is 1. The van der Waals surface area contributed by atoms with Crippen LogP contribution in [0.4, 0.5) is 25.7 Å². The van der Waals surface area contributed by atoms with Crippen LogP contribution in [0.3, 0.4) is 0 Å².